The van der Waals surface area contributed by atoms with E-state index in [4.69, 9.17) is 16.7 Å². The lowest BCUT2D eigenvalue weighted by Gasteiger charge is -1.94. The number of allylic oxidation sites excluding steroid dienone is 1. The first-order valence-corrected chi connectivity index (χ1v) is 4.24. The second-order valence-corrected chi connectivity index (χ2v) is 2.32. The van der Waals surface area contributed by atoms with Crippen LogP contribution in [0.2, 0.25) is 0 Å². The summed E-state index contributed by atoms with van der Waals surface area (Å²) in [5.74, 6) is 0. The first kappa shape index (κ1) is 13.7. The quantitative estimate of drug-likeness (QED) is 0.479. The molecule has 0 unspecified atom stereocenters. The molecule has 0 aromatic carbocycles. The van der Waals surface area contributed by atoms with Crippen LogP contribution in [-0.2, 0) is 0 Å². The summed E-state index contributed by atoms with van der Waals surface area (Å²) in [4.78, 5) is 0. The molecule has 70 valence electrons. The standard InChI is InChI=1S/C6H16N2.C3H3N/c7-5-3-1-2-4-6-8;1-2-3-4/h1-8H2;2H,1H2. The van der Waals surface area contributed by atoms with Crippen LogP contribution in [0, 0.1) is 11.3 Å². The third-order valence-electron chi connectivity index (χ3n) is 1.25. The zero-order valence-electron chi connectivity index (χ0n) is 7.63. The lowest BCUT2D eigenvalue weighted by molar-refractivity contribution is 0.653. The zero-order valence-corrected chi connectivity index (χ0v) is 7.63. The average Bonchev–Trinajstić information content (AvgIpc) is 2.13. The van der Waals surface area contributed by atoms with Crippen LogP contribution >= 0.6 is 0 Å². The molecule has 0 amide bonds. The van der Waals surface area contributed by atoms with Gasteiger partial charge >= 0.3 is 0 Å². The van der Waals surface area contributed by atoms with Gasteiger partial charge in [-0.1, -0.05) is 19.4 Å². The normalized spacial score (nSPS) is 7.75. The molecule has 3 heteroatoms. The summed E-state index contributed by atoms with van der Waals surface area (Å²) in [5.41, 5.74) is 10.6. The lowest BCUT2D eigenvalue weighted by Crippen LogP contribution is -2.00. The third kappa shape index (κ3) is 22.9. The van der Waals surface area contributed by atoms with Crippen LogP contribution in [0.25, 0.3) is 0 Å². The Bertz CT molecular complexity index is 109. The molecule has 12 heavy (non-hydrogen) atoms. The molecule has 0 heterocycles. The number of rotatable bonds is 5. The van der Waals surface area contributed by atoms with E-state index in [0.29, 0.717) is 0 Å². The van der Waals surface area contributed by atoms with E-state index in [1.54, 1.807) is 6.07 Å². The van der Waals surface area contributed by atoms with Crippen LogP contribution in [0.4, 0.5) is 0 Å². The molecular formula is C9H19N3. The van der Waals surface area contributed by atoms with Crippen LogP contribution in [0.15, 0.2) is 12.7 Å². The van der Waals surface area contributed by atoms with Crippen LogP contribution in [0.1, 0.15) is 25.7 Å². The summed E-state index contributed by atoms with van der Waals surface area (Å²) in [6.45, 7) is 4.77. The van der Waals surface area contributed by atoms with Crippen molar-refractivity contribution in [3.8, 4) is 6.07 Å². The van der Waals surface area contributed by atoms with E-state index in [1.807, 2.05) is 0 Å². The van der Waals surface area contributed by atoms with Crippen LogP contribution in [0.3, 0.4) is 0 Å². The van der Waals surface area contributed by atoms with Gasteiger partial charge in [0.1, 0.15) is 0 Å². The van der Waals surface area contributed by atoms with E-state index in [9.17, 15) is 0 Å². The molecule has 0 radical (unpaired) electrons. The van der Waals surface area contributed by atoms with Crippen molar-refractivity contribution in [3.63, 3.8) is 0 Å². The molecule has 4 N–H and O–H groups in total. The van der Waals surface area contributed by atoms with Gasteiger partial charge in [0.2, 0.25) is 0 Å². The average molecular weight is 169 g/mol. The minimum absolute atomic E-state index is 0.824. The van der Waals surface area contributed by atoms with Crippen molar-refractivity contribution >= 4 is 0 Å². The highest BCUT2D eigenvalue weighted by Gasteiger charge is 1.83. The van der Waals surface area contributed by atoms with Gasteiger partial charge < -0.3 is 11.5 Å². The lowest BCUT2D eigenvalue weighted by atomic mass is 10.2. The Morgan fingerprint density at radius 1 is 1.08 bits per heavy atom. The number of nitrogens with zero attached hydrogens (tertiary/aromatic N) is 1. The molecule has 3 nitrogen and oxygen atoms in total. The maximum atomic E-state index is 7.51. The molecule has 0 aliphatic rings. The highest BCUT2D eigenvalue weighted by atomic mass is 14.5. The second kappa shape index (κ2) is 16.6. The summed E-state index contributed by atoms with van der Waals surface area (Å²) in [7, 11) is 0. The number of nitrogens with two attached hydrogens (primary N) is 2. The van der Waals surface area contributed by atoms with E-state index < -0.39 is 0 Å². The van der Waals surface area contributed by atoms with Gasteiger partial charge in [-0.05, 0) is 25.9 Å². The van der Waals surface area contributed by atoms with Crippen molar-refractivity contribution in [2.75, 3.05) is 13.1 Å². The largest absolute Gasteiger partial charge is 0.330 e. The van der Waals surface area contributed by atoms with E-state index in [0.717, 1.165) is 25.9 Å². The third-order valence-corrected chi connectivity index (χ3v) is 1.25. The summed E-state index contributed by atoms with van der Waals surface area (Å²) in [6.07, 6.45) is 5.97. The van der Waals surface area contributed by atoms with Gasteiger partial charge in [-0.25, -0.2) is 0 Å². The smallest absolute Gasteiger partial charge is 0.0905 e. The molecule has 0 aliphatic carbocycles. The maximum Gasteiger partial charge on any atom is 0.0905 e. The van der Waals surface area contributed by atoms with Gasteiger partial charge in [-0.3, -0.25) is 0 Å². The molecule has 0 aliphatic heterocycles. The van der Waals surface area contributed by atoms with Gasteiger partial charge in [-0.2, -0.15) is 5.26 Å². The summed E-state index contributed by atoms with van der Waals surface area (Å²) in [5, 5.41) is 7.51. The molecule has 0 aromatic rings. The molecule has 0 bridgehead atoms. The Morgan fingerprint density at radius 3 is 1.58 bits per heavy atom. The van der Waals surface area contributed by atoms with Crippen molar-refractivity contribution in [2.45, 2.75) is 25.7 Å². The fourth-order valence-electron chi connectivity index (χ4n) is 0.642. The van der Waals surface area contributed by atoms with Crippen molar-refractivity contribution in [1.29, 1.82) is 5.26 Å². The molecule has 0 saturated carbocycles. The van der Waals surface area contributed by atoms with E-state index in [-0.39, 0.29) is 0 Å². The van der Waals surface area contributed by atoms with E-state index in [2.05, 4.69) is 6.58 Å². The monoisotopic (exact) mass is 169 g/mol. The minimum atomic E-state index is 0.824. The van der Waals surface area contributed by atoms with Gasteiger partial charge in [0.15, 0.2) is 0 Å². The molecule has 0 aromatic heterocycles. The van der Waals surface area contributed by atoms with Gasteiger partial charge in [-0.15, -0.1) is 0 Å². The molecule has 0 saturated heterocycles. The summed E-state index contributed by atoms with van der Waals surface area (Å²) >= 11 is 0. The number of hydrogen-bond acceptors (Lipinski definition) is 3. The Labute approximate surface area is 75.0 Å². The van der Waals surface area contributed by atoms with Gasteiger partial charge in [0.05, 0.1) is 6.07 Å². The highest BCUT2D eigenvalue weighted by Crippen LogP contribution is 1.95. The van der Waals surface area contributed by atoms with Crippen molar-refractivity contribution in [3.05, 3.63) is 12.7 Å². The minimum Gasteiger partial charge on any atom is -0.330 e. The fourth-order valence-corrected chi connectivity index (χ4v) is 0.642. The van der Waals surface area contributed by atoms with Crippen molar-refractivity contribution < 1.29 is 0 Å². The molecule has 0 atom stereocenters. The van der Waals surface area contributed by atoms with Gasteiger partial charge in [0, 0.05) is 6.08 Å². The zero-order chi connectivity index (χ0) is 9.66. The first-order chi connectivity index (χ1) is 5.83. The van der Waals surface area contributed by atoms with Crippen molar-refractivity contribution in [2.24, 2.45) is 11.5 Å². The predicted molar refractivity (Wildman–Crippen MR) is 52.4 cm³/mol. The van der Waals surface area contributed by atoms with Crippen molar-refractivity contribution in [1.82, 2.24) is 0 Å². The van der Waals surface area contributed by atoms with Crippen LogP contribution < -0.4 is 11.5 Å². The van der Waals surface area contributed by atoms with E-state index >= 15 is 0 Å². The molecule has 0 rings (SSSR count). The number of nitriles is 1. The molecular weight excluding hydrogens is 150 g/mol. The van der Waals surface area contributed by atoms with Crippen LogP contribution in [-0.4, -0.2) is 13.1 Å². The maximum absolute atomic E-state index is 7.51. The second-order valence-electron chi connectivity index (χ2n) is 2.32. The topological polar surface area (TPSA) is 75.8 Å². The Kier molecular flexibility index (Phi) is 19.0. The fraction of sp³-hybridized carbons (Fsp3) is 0.667. The van der Waals surface area contributed by atoms with E-state index in [1.165, 1.54) is 18.9 Å². The molecule has 0 spiro atoms. The predicted octanol–water partition coefficient (Wildman–Crippen LogP) is 1.16. The summed E-state index contributed by atoms with van der Waals surface area (Å²) < 4.78 is 0. The Balaban J connectivity index is 0. The summed E-state index contributed by atoms with van der Waals surface area (Å²) in [6, 6.07) is 1.69. The molecule has 0 fully saturated rings. The Morgan fingerprint density at radius 2 is 1.42 bits per heavy atom. The number of unbranched alkanes of at least 4 members (excludes halogenated alkanes) is 3. The Hall–Kier alpha value is -0.850. The van der Waals surface area contributed by atoms with Crippen LogP contribution in [0.5, 0.6) is 0 Å². The van der Waals surface area contributed by atoms with Gasteiger partial charge in [0.25, 0.3) is 0 Å². The SMILES string of the molecule is C=CC#N.NCCCCCCN. The highest BCUT2D eigenvalue weighted by molar-refractivity contribution is 4.93. The number of hydrogen-bond donors (Lipinski definition) is 2. The first-order valence-electron chi connectivity index (χ1n) is 4.24.